The second kappa shape index (κ2) is 4.41. The number of hydrogen-bond donors (Lipinski definition) is 1. The van der Waals surface area contributed by atoms with Crippen LogP contribution in [0.4, 0.5) is 11.4 Å². The van der Waals surface area contributed by atoms with Gasteiger partial charge in [-0.15, -0.1) is 0 Å². The van der Waals surface area contributed by atoms with Crippen molar-refractivity contribution in [1.29, 1.82) is 0 Å². The summed E-state index contributed by atoms with van der Waals surface area (Å²) < 4.78 is 24.8. The van der Waals surface area contributed by atoms with Crippen LogP contribution in [0, 0.1) is 0 Å². The number of carbonyl (C=O) groups excluding carboxylic acids is 2. The molecule has 6 nitrogen and oxygen atoms in total. The van der Waals surface area contributed by atoms with Crippen LogP contribution in [0.3, 0.4) is 0 Å². The monoisotopic (exact) mass is 268 g/mol. The van der Waals surface area contributed by atoms with Gasteiger partial charge in [-0.2, -0.15) is 0 Å². The largest absolute Gasteiger partial charge is 0.303 e. The Morgan fingerprint density at radius 2 is 1.89 bits per heavy atom. The third-order valence-corrected chi connectivity index (χ3v) is 3.06. The van der Waals surface area contributed by atoms with Crippen molar-refractivity contribution in [3.05, 3.63) is 24.3 Å². The zero-order valence-electron chi connectivity index (χ0n) is 9.71. The van der Waals surface area contributed by atoms with Crippen molar-refractivity contribution in [2.24, 2.45) is 0 Å². The van der Waals surface area contributed by atoms with Crippen LogP contribution < -0.4 is 9.62 Å². The van der Waals surface area contributed by atoms with Gasteiger partial charge in [0.2, 0.25) is 15.9 Å². The Kier molecular flexibility index (Phi) is 3.08. The zero-order valence-corrected chi connectivity index (χ0v) is 10.5. The summed E-state index contributed by atoms with van der Waals surface area (Å²) in [5.41, 5.74) is 0.696. The highest BCUT2D eigenvalue weighted by atomic mass is 32.2. The van der Waals surface area contributed by atoms with Crippen molar-refractivity contribution in [3.8, 4) is 0 Å². The average molecular weight is 268 g/mol. The predicted octanol–water partition coefficient (Wildman–Crippen LogP) is 0.364. The number of nitrogens with zero attached hydrogens (tertiary/aromatic N) is 1. The number of amides is 1. The smallest absolute Gasteiger partial charge is 0.234 e. The Balaban J connectivity index is 2.39. The third kappa shape index (κ3) is 2.67. The molecule has 0 saturated carbocycles. The van der Waals surface area contributed by atoms with E-state index in [0.29, 0.717) is 11.4 Å². The Bertz CT molecular complexity index is 609. The normalized spacial score (nSPS) is 16.2. The van der Waals surface area contributed by atoms with Crippen LogP contribution in [0.5, 0.6) is 0 Å². The van der Waals surface area contributed by atoms with Crippen molar-refractivity contribution < 1.29 is 18.0 Å². The summed E-state index contributed by atoms with van der Waals surface area (Å²) in [6, 6.07) is 6.48. The number of nitrogens with one attached hydrogen (secondary N) is 1. The Morgan fingerprint density at radius 1 is 1.22 bits per heavy atom. The van der Waals surface area contributed by atoms with E-state index in [9.17, 15) is 18.0 Å². The van der Waals surface area contributed by atoms with Crippen molar-refractivity contribution in [3.63, 3.8) is 0 Å². The molecule has 0 aromatic heterocycles. The van der Waals surface area contributed by atoms with Crippen LogP contribution >= 0.6 is 0 Å². The van der Waals surface area contributed by atoms with Gasteiger partial charge in [0.25, 0.3) is 0 Å². The fraction of sp³-hybridized carbons (Fsp3) is 0.273. The molecule has 1 amide bonds. The molecule has 1 N–H and O–H groups in total. The summed E-state index contributed by atoms with van der Waals surface area (Å²) in [5.74, 6) is -0.489. The Morgan fingerprint density at radius 3 is 2.44 bits per heavy atom. The number of hydrogen-bond acceptors (Lipinski definition) is 4. The average Bonchev–Trinajstić information content (AvgIpc) is 2.56. The molecule has 18 heavy (non-hydrogen) atoms. The molecular weight excluding hydrogens is 256 g/mol. The van der Waals surface area contributed by atoms with Crippen LogP contribution in [0.15, 0.2) is 24.3 Å². The van der Waals surface area contributed by atoms with Crippen LogP contribution in [-0.4, -0.2) is 32.9 Å². The van der Waals surface area contributed by atoms with Crippen LogP contribution in [0.25, 0.3) is 0 Å². The first-order valence-electron chi connectivity index (χ1n) is 5.26. The number of benzene rings is 1. The first kappa shape index (κ1) is 12.6. The maximum atomic E-state index is 11.6. The summed E-state index contributed by atoms with van der Waals surface area (Å²) >= 11 is 0. The van der Waals surface area contributed by atoms with E-state index in [1.807, 2.05) is 0 Å². The van der Waals surface area contributed by atoms with E-state index in [2.05, 4.69) is 4.72 Å². The number of sulfonamides is 1. The summed E-state index contributed by atoms with van der Waals surface area (Å²) in [4.78, 5) is 24.2. The molecule has 96 valence electrons. The van der Waals surface area contributed by atoms with Gasteiger partial charge in [-0.3, -0.25) is 14.3 Å². The molecule has 0 bridgehead atoms. The first-order chi connectivity index (χ1) is 8.37. The molecule has 1 saturated heterocycles. The van der Waals surface area contributed by atoms with Gasteiger partial charge >= 0.3 is 0 Å². The van der Waals surface area contributed by atoms with Gasteiger partial charge in [0.1, 0.15) is 0 Å². The zero-order chi connectivity index (χ0) is 13.3. The molecule has 1 aliphatic heterocycles. The quantitative estimate of drug-likeness (QED) is 0.802. The van der Waals surface area contributed by atoms with Gasteiger partial charge in [-0.05, 0) is 12.1 Å². The number of rotatable bonds is 3. The summed E-state index contributed by atoms with van der Waals surface area (Å²) in [6.07, 6.45) is 0.897. The highest BCUT2D eigenvalue weighted by Gasteiger charge is 2.30. The molecule has 0 spiro atoms. The van der Waals surface area contributed by atoms with Gasteiger partial charge in [-0.1, -0.05) is 12.1 Å². The lowest BCUT2D eigenvalue weighted by Gasteiger charge is -2.18. The molecule has 7 heteroatoms. The minimum atomic E-state index is -3.43. The molecule has 1 aromatic carbocycles. The Hall–Kier alpha value is -1.89. The minimum absolute atomic E-state index is 0.0126. The van der Waals surface area contributed by atoms with Crippen molar-refractivity contribution in [2.45, 2.75) is 6.42 Å². The highest BCUT2D eigenvalue weighted by molar-refractivity contribution is 7.92. The lowest BCUT2D eigenvalue weighted by molar-refractivity contribution is -0.121. The minimum Gasteiger partial charge on any atom is -0.303 e. The number of carbonyl (C=O) groups is 2. The standard InChI is InChI=1S/C11H12N2O4S/c1-18(16,17)12-9-4-2-3-5-10(9)13-7-8(14)6-11(13)15/h2-5,12H,6-7H2,1H3. The molecule has 0 radical (unpaired) electrons. The van der Waals surface area contributed by atoms with E-state index in [1.165, 1.54) is 4.90 Å². The number of Topliss-reactive ketones (excluding diaryl/α,β-unsaturated/α-hetero) is 1. The summed E-state index contributed by atoms with van der Waals surface area (Å²) in [6.45, 7) is -0.0126. The van der Waals surface area contributed by atoms with Crippen molar-refractivity contribution in [2.75, 3.05) is 22.4 Å². The fourth-order valence-electron chi connectivity index (χ4n) is 1.80. The molecule has 2 rings (SSSR count). The second-order valence-corrected chi connectivity index (χ2v) is 5.84. The van der Waals surface area contributed by atoms with Crippen LogP contribution in [0.1, 0.15) is 6.42 Å². The summed E-state index contributed by atoms with van der Waals surface area (Å²) in [5, 5.41) is 0. The summed E-state index contributed by atoms with van der Waals surface area (Å²) in [7, 11) is -3.43. The van der Waals surface area contributed by atoms with Crippen LogP contribution in [0.2, 0.25) is 0 Å². The molecule has 0 atom stereocenters. The maximum absolute atomic E-state index is 11.6. The molecule has 1 heterocycles. The van der Waals surface area contributed by atoms with Crippen molar-refractivity contribution >= 4 is 33.1 Å². The van der Waals surface area contributed by atoms with Gasteiger partial charge in [0, 0.05) is 0 Å². The molecular formula is C11H12N2O4S. The van der Waals surface area contributed by atoms with Gasteiger partial charge in [0.15, 0.2) is 5.78 Å². The van der Waals surface area contributed by atoms with E-state index in [-0.39, 0.29) is 24.7 Å². The lowest BCUT2D eigenvalue weighted by atomic mass is 10.2. The number of ketones is 1. The molecule has 1 aliphatic rings. The number of para-hydroxylation sites is 2. The lowest BCUT2D eigenvalue weighted by Crippen LogP contribution is -2.26. The molecule has 0 unspecified atom stereocenters. The van der Waals surface area contributed by atoms with E-state index < -0.39 is 10.0 Å². The predicted molar refractivity (Wildman–Crippen MR) is 66.9 cm³/mol. The molecule has 0 aliphatic carbocycles. The topological polar surface area (TPSA) is 83.6 Å². The van der Waals surface area contributed by atoms with E-state index in [4.69, 9.17) is 0 Å². The van der Waals surface area contributed by atoms with E-state index in [0.717, 1.165) is 6.26 Å². The van der Waals surface area contributed by atoms with Gasteiger partial charge in [0.05, 0.1) is 30.6 Å². The third-order valence-electron chi connectivity index (χ3n) is 2.47. The maximum Gasteiger partial charge on any atom is 0.234 e. The SMILES string of the molecule is CS(=O)(=O)Nc1ccccc1N1CC(=O)CC1=O. The second-order valence-electron chi connectivity index (χ2n) is 4.09. The van der Waals surface area contributed by atoms with Crippen LogP contribution in [-0.2, 0) is 19.6 Å². The van der Waals surface area contributed by atoms with Gasteiger partial charge in [-0.25, -0.2) is 8.42 Å². The Labute approximate surface area is 105 Å². The molecule has 1 fully saturated rings. The van der Waals surface area contributed by atoms with E-state index in [1.54, 1.807) is 24.3 Å². The fourth-order valence-corrected chi connectivity index (χ4v) is 2.37. The number of anilines is 2. The first-order valence-corrected chi connectivity index (χ1v) is 7.15. The van der Waals surface area contributed by atoms with Gasteiger partial charge < -0.3 is 4.90 Å². The highest BCUT2D eigenvalue weighted by Crippen LogP contribution is 2.28. The van der Waals surface area contributed by atoms with Crippen molar-refractivity contribution in [1.82, 2.24) is 0 Å². The molecule has 1 aromatic rings. The van der Waals surface area contributed by atoms with E-state index >= 15 is 0 Å².